The minimum absolute atomic E-state index is 0.245. The van der Waals surface area contributed by atoms with Gasteiger partial charge >= 0.3 is 0 Å². The third-order valence-corrected chi connectivity index (χ3v) is 4.47. The van der Waals surface area contributed by atoms with Gasteiger partial charge in [-0.15, -0.1) is 11.3 Å². The van der Waals surface area contributed by atoms with Crippen molar-refractivity contribution in [3.05, 3.63) is 47.1 Å². The van der Waals surface area contributed by atoms with Gasteiger partial charge in [0.15, 0.2) is 5.13 Å². The maximum Gasteiger partial charge on any atom is 0.249 e. The van der Waals surface area contributed by atoms with E-state index in [4.69, 9.17) is 0 Å². The van der Waals surface area contributed by atoms with Crippen LogP contribution in [0.4, 0.5) is 5.13 Å². The van der Waals surface area contributed by atoms with Crippen LogP contribution in [0.5, 0.6) is 0 Å². The molecule has 3 aromatic rings. The zero-order valence-electron chi connectivity index (χ0n) is 13.4. The second-order valence-corrected chi connectivity index (χ2v) is 6.82. The number of aryl methyl sites for hydroxylation is 1. The Hall–Kier alpha value is -2.67. The molecule has 0 aliphatic carbocycles. The number of para-hydroxylation sites is 1. The number of thiazole rings is 1. The van der Waals surface area contributed by atoms with Gasteiger partial charge < -0.3 is 15.6 Å². The molecule has 0 bridgehead atoms. The number of nitrogens with one attached hydrogen (secondary N) is 3. The van der Waals surface area contributed by atoms with Crippen molar-refractivity contribution in [1.82, 2.24) is 15.3 Å². The van der Waals surface area contributed by atoms with E-state index in [-0.39, 0.29) is 11.8 Å². The van der Waals surface area contributed by atoms with Crippen molar-refractivity contribution >= 4 is 39.2 Å². The van der Waals surface area contributed by atoms with Gasteiger partial charge in [-0.3, -0.25) is 9.59 Å². The Morgan fingerprint density at radius 3 is 2.83 bits per heavy atom. The van der Waals surface area contributed by atoms with Crippen molar-refractivity contribution in [2.24, 2.45) is 0 Å². The molecule has 0 radical (unpaired) electrons. The standard InChI is InChI=1S/C17H18N4O2S/c1-10-8-19-17(24-10)21-16(23)15(20-11(2)22)7-12-9-18-14-6-4-3-5-13(12)14/h3-6,8-9,15,18H,7H2,1-2H3,(H,20,22)(H,19,21,23). The number of anilines is 1. The van der Waals surface area contributed by atoms with Crippen LogP contribution in [0.3, 0.4) is 0 Å². The van der Waals surface area contributed by atoms with Crippen LogP contribution < -0.4 is 10.6 Å². The summed E-state index contributed by atoms with van der Waals surface area (Å²) in [5.41, 5.74) is 1.99. The van der Waals surface area contributed by atoms with E-state index >= 15 is 0 Å². The topological polar surface area (TPSA) is 86.9 Å². The molecular formula is C17H18N4O2S. The van der Waals surface area contributed by atoms with E-state index < -0.39 is 6.04 Å². The van der Waals surface area contributed by atoms with Crippen molar-refractivity contribution in [2.75, 3.05) is 5.32 Å². The van der Waals surface area contributed by atoms with Gasteiger partial charge in [0.1, 0.15) is 6.04 Å². The Kier molecular flexibility index (Phi) is 4.61. The number of hydrogen-bond acceptors (Lipinski definition) is 4. The van der Waals surface area contributed by atoms with Crippen molar-refractivity contribution in [3.8, 4) is 0 Å². The molecule has 1 atom stereocenters. The molecule has 2 amide bonds. The number of hydrogen-bond donors (Lipinski definition) is 3. The summed E-state index contributed by atoms with van der Waals surface area (Å²) >= 11 is 1.40. The molecule has 0 saturated carbocycles. The van der Waals surface area contributed by atoms with Gasteiger partial charge in [0.2, 0.25) is 11.8 Å². The van der Waals surface area contributed by atoms with Crippen molar-refractivity contribution in [2.45, 2.75) is 26.3 Å². The number of aromatic amines is 1. The first-order chi connectivity index (χ1) is 11.5. The van der Waals surface area contributed by atoms with E-state index in [1.165, 1.54) is 18.3 Å². The smallest absolute Gasteiger partial charge is 0.249 e. The normalized spacial score (nSPS) is 12.1. The molecule has 2 aromatic heterocycles. The molecule has 0 aliphatic heterocycles. The van der Waals surface area contributed by atoms with Crippen molar-refractivity contribution < 1.29 is 9.59 Å². The Labute approximate surface area is 143 Å². The highest BCUT2D eigenvalue weighted by Crippen LogP contribution is 2.20. The van der Waals surface area contributed by atoms with Crippen LogP contribution in [0.1, 0.15) is 17.4 Å². The van der Waals surface area contributed by atoms with E-state index in [9.17, 15) is 9.59 Å². The van der Waals surface area contributed by atoms with Gasteiger partial charge in [-0.1, -0.05) is 18.2 Å². The lowest BCUT2D eigenvalue weighted by molar-refractivity contribution is -0.125. The summed E-state index contributed by atoms with van der Waals surface area (Å²) in [5, 5.41) is 7.07. The molecule has 2 heterocycles. The van der Waals surface area contributed by atoms with E-state index in [2.05, 4.69) is 20.6 Å². The fraction of sp³-hybridized carbons (Fsp3) is 0.235. The Morgan fingerprint density at radius 1 is 1.33 bits per heavy atom. The Bertz CT molecular complexity index is 883. The number of nitrogens with zero attached hydrogens (tertiary/aromatic N) is 1. The first-order valence-corrected chi connectivity index (χ1v) is 8.40. The van der Waals surface area contributed by atoms with E-state index in [1.54, 1.807) is 6.20 Å². The van der Waals surface area contributed by atoms with Crippen LogP contribution in [0, 0.1) is 6.92 Å². The van der Waals surface area contributed by atoms with Gasteiger partial charge in [-0.2, -0.15) is 0 Å². The maximum atomic E-state index is 12.6. The lowest BCUT2D eigenvalue weighted by Gasteiger charge is -2.16. The quantitative estimate of drug-likeness (QED) is 0.666. The SMILES string of the molecule is CC(=O)NC(Cc1c[nH]c2ccccc12)C(=O)Nc1ncc(C)s1. The summed E-state index contributed by atoms with van der Waals surface area (Å²) in [5.74, 6) is -0.518. The fourth-order valence-corrected chi connectivity index (χ4v) is 3.25. The van der Waals surface area contributed by atoms with Gasteiger partial charge in [-0.05, 0) is 18.6 Å². The summed E-state index contributed by atoms with van der Waals surface area (Å²) < 4.78 is 0. The predicted octanol–water partition coefficient (Wildman–Crippen LogP) is 2.62. The Balaban J connectivity index is 1.80. The van der Waals surface area contributed by atoms with Crippen LogP contribution in [-0.4, -0.2) is 27.8 Å². The number of H-pyrrole nitrogens is 1. The van der Waals surface area contributed by atoms with Gasteiger partial charge in [0, 0.05) is 41.5 Å². The highest BCUT2D eigenvalue weighted by atomic mass is 32.1. The molecule has 0 spiro atoms. The number of carbonyl (C=O) groups excluding carboxylic acids is 2. The maximum absolute atomic E-state index is 12.6. The molecule has 124 valence electrons. The summed E-state index contributed by atoms with van der Waals surface area (Å²) in [6.45, 7) is 3.33. The number of carbonyl (C=O) groups is 2. The largest absolute Gasteiger partial charge is 0.361 e. The molecular weight excluding hydrogens is 324 g/mol. The fourth-order valence-electron chi connectivity index (χ4n) is 2.58. The van der Waals surface area contributed by atoms with Crippen LogP contribution in [-0.2, 0) is 16.0 Å². The first kappa shape index (κ1) is 16.2. The molecule has 1 unspecified atom stereocenters. The lowest BCUT2D eigenvalue weighted by atomic mass is 10.0. The predicted molar refractivity (Wildman–Crippen MR) is 95.1 cm³/mol. The summed E-state index contributed by atoms with van der Waals surface area (Å²) in [6.07, 6.45) is 3.98. The zero-order chi connectivity index (χ0) is 17.1. The Morgan fingerprint density at radius 2 is 2.12 bits per heavy atom. The molecule has 3 rings (SSSR count). The molecule has 0 aliphatic rings. The lowest BCUT2D eigenvalue weighted by Crippen LogP contribution is -2.44. The molecule has 6 nitrogen and oxygen atoms in total. The summed E-state index contributed by atoms with van der Waals surface area (Å²) in [6, 6.07) is 7.21. The van der Waals surface area contributed by atoms with Crippen molar-refractivity contribution in [1.29, 1.82) is 0 Å². The molecule has 24 heavy (non-hydrogen) atoms. The third kappa shape index (κ3) is 3.62. The van der Waals surface area contributed by atoms with E-state index in [0.29, 0.717) is 11.6 Å². The highest BCUT2D eigenvalue weighted by Gasteiger charge is 2.22. The second kappa shape index (κ2) is 6.84. The van der Waals surface area contributed by atoms with E-state index in [0.717, 1.165) is 21.3 Å². The number of amides is 2. The number of benzene rings is 1. The van der Waals surface area contributed by atoms with Crippen LogP contribution >= 0.6 is 11.3 Å². The highest BCUT2D eigenvalue weighted by molar-refractivity contribution is 7.15. The minimum atomic E-state index is -0.661. The van der Waals surface area contributed by atoms with Gasteiger partial charge in [0.05, 0.1) is 0 Å². The number of rotatable bonds is 5. The third-order valence-electron chi connectivity index (χ3n) is 3.64. The molecule has 7 heteroatoms. The molecule has 0 fully saturated rings. The van der Waals surface area contributed by atoms with Crippen molar-refractivity contribution in [3.63, 3.8) is 0 Å². The molecule has 3 N–H and O–H groups in total. The summed E-state index contributed by atoms with van der Waals surface area (Å²) in [4.78, 5) is 32.4. The van der Waals surface area contributed by atoms with Crippen LogP contribution in [0.2, 0.25) is 0 Å². The molecule has 1 aromatic carbocycles. The average molecular weight is 342 g/mol. The first-order valence-electron chi connectivity index (χ1n) is 7.58. The van der Waals surface area contributed by atoms with Gasteiger partial charge in [0.25, 0.3) is 0 Å². The van der Waals surface area contributed by atoms with Crippen LogP contribution in [0.25, 0.3) is 10.9 Å². The minimum Gasteiger partial charge on any atom is -0.361 e. The van der Waals surface area contributed by atoms with E-state index in [1.807, 2.05) is 37.4 Å². The monoisotopic (exact) mass is 342 g/mol. The van der Waals surface area contributed by atoms with Crippen LogP contribution in [0.15, 0.2) is 36.7 Å². The van der Waals surface area contributed by atoms with Gasteiger partial charge in [-0.25, -0.2) is 4.98 Å². The second-order valence-electron chi connectivity index (χ2n) is 5.58. The summed E-state index contributed by atoms with van der Waals surface area (Å²) in [7, 11) is 0. The average Bonchev–Trinajstić information content (AvgIpc) is 3.13. The number of fused-ring (bicyclic) bond motifs is 1. The number of aromatic nitrogens is 2. The molecule has 0 saturated heterocycles. The zero-order valence-corrected chi connectivity index (χ0v) is 14.2.